The summed E-state index contributed by atoms with van der Waals surface area (Å²) in [6, 6.07) is 0.00109. The van der Waals surface area contributed by atoms with Gasteiger partial charge in [-0.3, -0.25) is 4.79 Å². The second-order valence-corrected chi connectivity index (χ2v) is 5.39. The van der Waals surface area contributed by atoms with Gasteiger partial charge >= 0.3 is 12.0 Å². The zero-order valence-corrected chi connectivity index (χ0v) is 11.1. The van der Waals surface area contributed by atoms with Crippen molar-refractivity contribution in [3.05, 3.63) is 0 Å². The van der Waals surface area contributed by atoms with Crippen LogP contribution in [0.1, 0.15) is 19.8 Å². The Labute approximate surface area is 106 Å². The molecule has 0 spiro atoms. The molecule has 98 valence electrons. The van der Waals surface area contributed by atoms with E-state index in [2.05, 4.69) is 5.32 Å². The summed E-state index contributed by atoms with van der Waals surface area (Å²) >= 11 is 1.75. The molecular weight excluding hydrogens is 240 g/mol. The van der Waals surface area contributed by atoms with Crippen molar-refractivity contribution in [2.45, 2.75) is 25.8 Å². The third-order valence-corrected chi connectivity index (χ3v) is 3.59. The highest BCUT2D eigenvalue weighted by molar-refractivity contribution is 7.98. The lowest BCUT2D eigenvalue weighted by Gasteiger charge is -2.20. The van der Waals surface area contributed by atoms with Crippen LogP contribution in [0.3, 0.4) is 0 Å². The lowest BCUT2D eigenvalue weighted by atomic mass is 10.1. The Bertz CT molecular complexity index is 286. The van der Waals surface area contributed by atoms with Crippen LogP contribution in [0, 0.1) is 5.92 Å². The van der Waals surface area contributed by atoms with Crippen LogP contribution in [-0.2, 0) is 4.79 Å². The molecule has 1 saturated heterocycles. The quantitative estimate of drug-likeness (QED) is 0.780. The maximum Gasteiger partial charge on any atom is 0.317 e. The van der Waals surface area contributed by atoms with Crippen LogP contribution in [0.2, 0.25) is 0 Å². The third kappa shape index (κ3) is 4.46. The molecule has 1 aliphatic rings. The number of nitrogens with one attached hydrogen (secondary N) is 1. The minimum Gasteiger partial charge on any atom is -0.481 e. The molecule has 1 heterocycles. The van der Waals surface area contributed by atoms with Gasteiger partial charge in [0.05, 0.1) is 5.92 Å². The Kier molecular flexibility index (Phi) is 5.61. The number of likely N-dealkylation sites (tertiary alicyclic amines) is 1. The molecule has 2 atom stereocenters. The minimum absolute atomic E-state index is 0.137. The highest BCUT2D eigenvalue weighted by atomic mass is 32.2. The Hall–Kier alpha value is -0.910. The predicted molar refractivity (Wildman–Crippen MR) is 68.3 cm³/mol. The van der Waals surface area contributed by atoms with Gasteiger partial charge in [-0.1, -0.05) is 0 Å². The van der Waals surface area contributed by atoms with E-state index < -0.39 is 11.9 Å². The average molecular weight is 260 g/mol. The summed E-state index contributed by atoms with van der Waals surface area (Å²) in [5.41, 5.74) is 0. The number of hydrogen-bond acceptors (Lipinski definition) is 3. The molecule has 0 aromatic heterocycles. The molecule has 1 fully saturated rings. The Morgan fingerprint density at radius 1 is 1.59 bits per heavy atom. The molecule has 2 unspecified atom stereocenters. The van der Waals surface area contributed by atoms with Crippen LogP contribution < -0.4 is 5.32 Å². The second kappa shape index (κ2) is 6.74. The number of amides is 2. The lowest BCUT2D eigenvalue weighted by Crippen LogP contribution is -2.43. The summed E-state index contributed by atoms with van der Waals surface area (Å²) in [4.78, 5) is 24.2. The molecule has 0 radical (unpaired) electrons. The van der Waals surface area contributed by atoms with Crippen molar-refractivity contribution in [1.29, 1.82) is 0 Å². The highest BCUT2D eigenvalue weighted by Crippen LogP contribution is 2.16. The van der Waals surface area contributed by atoms with Gasteiger partial charge in [0.2, 0.25) is 0 Å². The number of rotatable bonds is 5. The van der Waals surface area contributed by atoms with Gasteiger partial charge in [0, 0.05) is 19.1 Å². The van der Waals surface area contributed by atoms with Crippen LogP contribution in [0.5, 0.6) is 0 Å². The summed E-state index contributed by atoms with van der Waals surface area (Å²) in [5.74, 6) is -0.197. The fourth-order valence-electron chi connectivity index (χ4n) is 1.82. The molecule has 2 N–H and O–H groups in total. The fourth-order valence-corrected chi connectivity index (χ4v) is 2.40. The van der Waals surface area contributed by atoms with Crippen molar-refractivity contribution in [2.75, 3.05) is 25.1 Å². The first-order valence-electron chi connectivity index (χ1n) is 5.81. The van der Waals surface area contributed by atoms with E-state index in [1.807, 2.05) is 13.2 Å². The van der Waals surface area contributed by atoms with Crippen LogP contribution in [0.4, 0.5) is 4.79 Å². The van der Waals surface area contributed by atoms with E-state index in [4.69, 9.17) is 5.11 Å². The molecule has 1 aliphatic heterocycles. The number of aliphatic carboxylic acids is 1. The van der Waals surface area contributed by atoms with Crippen molar-refractivity contribution in [3.8, 4) is 0 Å². The lowest BCUT2D eigenvalue weighted by molar-refractivity contribution is -0.141. The molecular formula is C11H20N2O3S. The number of carboxylic acid groups (broad SMARTS) is 1. The molecule has 0 bridgehead atoms. The highest BCUT2D eigenvalue weighted by Gasteiger charge is 2.31. The predicted octanol–water partition coefficient (Wildman–Crippen LogP) is 1.24. The summed E-state index contributed by atoms with van der Waals surface area (Å²) < 4.78 is 0. The van der Waals surface area contributed by atoms with Crippen molar-refractivity contribution in [1.82, 2.24) is 10.2 Å². The topological polar surface area (TPSA) is 69.6 Å². The monoisotopic (exact) mass is 260 g/mol. The first-order valence-corrected chi connectivity index (χ1v) is 7.21. The number of carbonyl (C=O) groups is 2. The third-order valence-electron chi connectivity index (χ3n) is 2.95. The smallest absolute Gasteiger partial charge is 0.317 e. The van der Waals surface area contributed by atoms with E-state index in [0.717, 1.165) is 12.2 Å². The second-order valence-electron chi connectivity index (χ2n) is 4.40. The van der Waals surface area contributed by atoms with Crippen LogP contribution in [0.15, 0.2) is 0 Å². The molecule has 2 amide bonds. The first-order chi connectivity index (χ1) is 8.04. The molecule has 5 nitrogen and oxygen atoms in total. The van der Waals surface area contributed by atoms with Crippen LogP contribution in [-0.4, -0.2) is 53.1 Å². The van der Waals surface area contributed by atoms with Crippen molar-refractivity contribution < 1.29 is 14.7 Å². The summed E-state index contributed by atoms with van der Waals surface area (Å²) in [5, 5.41) is 11.7. The van der Waals surface area contributed by atoms with E-state index in [1.54, 1.807) is 16.7 Å². The van der Waals surface area contributed by atoms with Crippen LogP contribution in [0.25, 0.3) is 0 Å². The summed E-state index contributed by atoms with van der Waals surface area (Å²) in [7, 11) is 0. The molecule has 1 rings (SSSR count). The standard InChI is InChI=1S/C11H20N2O3S/c1-8(4-6-17-2)12-11(16)13-5-3-9(7-13)10(14)15/h8-9H,3-7H2,1-2H3,(H,12,16)(H,14,15). The number of carbonyl (C=O) groups excluding carboxylic acids is 1. The number of thioether (sulfide) groups is 1. The van der Waals surface area contributed by atoms with Gasteiger partial charge in [-0.15, -0.1) is 0 Å². The van der Waals surface area contributed by atoms with E-state index >= 15 is 0 Å². The van der Waals surface area contributed by atoms with Gasteiger partial charge in [0.1, 0.15) is 0 Å². The molecule has 17 heavy (non-hydrogen) atoms. The molecule has 6 heteroatoms. The number of urea groups is 1. The number of carboxylic acids is 1. The van der Waals surface area contributed by atoms with E-state index in [9.17, 15) is 9.59 Å². The summed E-state index contributed by atoms with van der Waals surface area (Å²) in [6.45, 7) is 2.84. The largest absolute Gasteiger partial charge is 0.481 e. The number of nitrogens with zero attached hydrogens (tertiary/aromatic N) is 1. The van der Waals surface area contributed by atoms with Gasteiger partial charge in [-0.25, -0.2) is 4.79 Å². The van der Waals surface area contributed by atoms with Gasteiger partial charge in [0.15, 0.2) is 0 Å². The first kappa shape index (κ1) is 14.2. The Balaban J connectivity index is 2.31. The van der Waals surface area contributed by atoms with Crippen LogP contribution >= 0.6 is 11.8 Å². The average Bonchev–Trinajstić information content (AvgIpc) is 2.75. The van der Waals surface area contributed by atoms with Gasteiger partial charge in [-0.05, 0) is 31.8 Å². The maximum atomic E-state index is 11.8. The molecule has 0 saturated carbocycles. The minimum atomic E-state index is -0.810. The van der Waals surface area contributed by atoms with E-state index in [1.165, 1.54) is 0 Å². The number of hydrogen-bond donors (Lipinski definition) is 2. The van der Waals surface area contributed by atoms with E-state index in [0.29, 0.717) is 19.5 Å². The van der Waals surface area contributed by atoms with E-state index in [-0.39, 0.29) is 12.1 Å². The SMILES string of the molecule is CSCCC(C)NC(=O)N1CCC(C(=O)O)C1. The Morgan fingerprint density at radius 2 is 2.29 bits per heavy atom. The van der Waals surface area contributed by atoms with Gasteiger partial charge in [0.25, 0.3) is 0 Å². The molecule has 0 aliphatic carbocycles. The summed E-state index contributed by atoms with van der Waals surface area (Å²) in [6.07, 6.45) is 3.53. The van der Waals surface area contributed by atoms with Gasteiger partial charge in [-0.2, -0.15) is 11.8 Å². The molecule has 0 aromatic rings. The molecule has 0 aromatic carbocycles. The maximum absolute atomic E-state index is 11.8. The van der Waals surface area contributed by atoms with Crippen molar-refractivity contribution in [3.63, 3.8) is 0 Å². The van der Waals surface area contributed by atoms with Crippen molar-refractivity contribution >= 4 is 23.8 Å². The zero-order valence-electron chi connectivity index (χ0n) is 10.3. The Morgan fingerprint density at radius 3 is 2.82 bits per heavy atom. The normalized spacial score (nSPS) is 21.3. The fraction of sp³-hybridized carbons (Fsp3) is 0.818. The zero-order chi connectivity index (χ0) is 12.8. The van der Waals surface area contributed by atoms with Gasteiger partial charge < -0.3 is 15.3 Å². The van der Waals surface area contributed by atoms with Crippen molar-refractivity contribution in [2.24, 2.45) is 5.92 Å².